The molecule has 2 rings (SSSR count). The van der Waals surface area contributed by atoms with Gasteiger partial charge in [0.1, 0.15) is 12.1 Å². The fourth-order valence-corrected chi connectivity index (χ4v) is 1.88. The van der Waals surface area contributed by atoms with E-state index in [0.717, 1.165) is 15.8 Å². The average molecular weight is 326 g/mol. The zero-order chi connectivity index (χ0) is 13.8. The zero-order valence-corrected chi connectivity index (χ0v) is 11.7. The minimum atomic E-state index is -0.122. The lowest BCUT2D eigenvalue weighted by Gasteiger charge is -2.07. The van der Waals surface area contributed by atoms with Gasteiger partial charge in [-0.2, -0.15) is 0 Å². The summed E-state index contributed by atoms with van der Waals surface area (Å²) >= 11 is 3.46. The number of hydrogen-bond acceptors (Lipinski definition) is 5. The lowest BCUT2D eigenvalue weighted by atomic mass is 10.2. The summed E-state index contributed by atoms with van der Waals surface area (Å²) in [5, 5.41) is 15.5. The minimum Gasteiger partial charge on any atom is -0.497 e. The monoisotopic (exact) mass is 325 g/mol. The summed E-state index contributed by atoms with van der Waals surface area (Å²) in [6.07, 6.45) is 1.51. The van der Waals surface area contributed by atoms with E-state index in [1.165, 1.54) is 6.33 Å². The van der Waals surface area contributed by atoms with E-state index < -0.39 is 0 Å². The second kappa shape index (κ2) is 5.70. The third-order valence-corrected chi connectivity index (χ3v) is 3.23. The van der Waals surface area contributed by atoms with Gasteiger partial charge in [-0.3, -0.25) is 0 Å². The molecular formula is C11H12BrN5O2. The van der Waals surface area contributed by atoms with Crippen LogP contribution in [0.3, 0.4) is 0 Å². The molecule has 8 heteroatoms. The maximum absolute atomic E-state index is 8.55. The number of amidine groups is 1. The van der Waals surface area contributed by atoms with Crippen molar-refractivity contribution >= 4 is 21.8 Å². The third-order valence-electron chi connectivity index (χ3n) is 2.46. The van der Waals surface area contributed by atoms with Crippen molar-refractivity contribution in [2.45, 2.75) is 6.54 Å². The Morgan fingerprint density at radius 2 is 2.37 bits per heavy atom. The second-order valence-electron chi connectivity index (χ2n) is 3.71. The smallest absolute Gasteiger partial charge is 0.219 e. The number of nitrogens with zero attached hydrogens (tertiary/aromatic N) is 4. The Labute approximate surface area is 117 Å². The van der Waals surface area contributed by atoms with E-state index in [0.29, 0.717) is 6.54 Å². The number of hydrogen-bond donors (Lipinski definition) is 2. The first-order chi connectivity index (χ1) is 9.13. The van der Waals surface area contributed by atoms with Gasteiger partial charge >= 0.3 is 0 Å². The Kier molecular flexibility index (Phi) is 4.00. The number of methoxy groups -OCH3 is 1. The number of nitrogens with two attached hydrogens (primary N) is 1. The molecule has 0 fully saturated rings. The summed E-state index contributed by atoms with van der Waals surface area (Å²) in [5.41, 5.74) is 6.39. The Balaban J connectivity index is 2.23. The Morgan fingerprint density at radius 1 is 1.58 bits per heavy atom. The molecule has 19 heavy (non-hydrogen) atoms. The molecule has 7 nitrogen and oxygen atoms in total. The number of benzene rings is 1. The van der Waals surface area contributed by atoms with E-state index in [1.54, 1.807) is 11.8 Å². The van der Waals surface area contributed by atoms with Crippen molar-refractivity contribution in [2.24, 2.45) is 10.9 Å². The molecule has 0 amide bonds. The van der Waals surface area contributed by atoms with Gasteiger partial charge in [-0.05, 0) is 23.8 Å². The van der Waals surface area contributed by atoms with Crippen LogP contribution in [0.2, 0.25) is 0 Å². The van der Waals surface area contributed by atoms with E-state index in [2.05, 4.69) is 31.2 Å². The molecule has 0 radical (unpaired) electrons. The molecule has 1 heterocycles. The first-order valence-electron chi connectivity index (χ1n) is 5.34. The third kappa shape index (κ3) is 3.02. The normalized spacial score (nSPS) is 11.6. The van der Waals surface area contributed by atoms with Crippen molar-refractivity contribution in [3.63, 3.8) is 0 Å². The van der Waals surface area contributed by atoms with Crippen molar-refractivity contribution in [3.05, 3.63) is 40.4 Å². The summed E-state index contributed by atoms with van der Waals surface area (Å²) in [7, 11) is 1.61. The molecule has 0 bridgehead atoms. The molecule has 0 aliphatic carbocycles. The van der Waals surface area contributed by atoms with Crippen molar-refractivity contribution in [2.75, 3.05) is 7.11 Å². The lowest BCUT2D eigenvalue weighted by molar-refractivity contribution is 0.318. The van der Waals surface area contributed by atoms with Gasteiger partial charge < -0.3 is 15.7 Å². The van der Waals surface area contributed by atoms with Crippen LogP contribution in [0, 0.1) is 0 Å². The number of halogens is 1. The Bertz CT molecular complexity index is 611. The van der Waals surface area contributed by atoms with Crippen LogP contribution in [-0.4, -0.2) is 32.9 Å². The molecule has 0 aliphatic heterocycles. The van der Waals surface area contributed by atoms with Crippen LogP contribution in [0.1, 0.15) is 11.4 Å². The maximum atomic E-state index is 8.55. The predicted octanol–water partition coefficient (Wildman–Crippen LogP) is 1.19. The maximum Gasteiger partial charge on any atom is 0.219 e. The molecule has 0 spiro atoms. The molecule has 2 aromatic rings. The fourth-order valence-electron chi connectivity index (χ4n) is 1.51. The van der Waals surface area contributed by atoms with Crippen LogP contribution in [0.15, 0.2) is 34.2 Å². The highest BCUT2D eigenvalue weighted by Crippen LogP contribution is 2.23. The van der Waals surface area contributed by atoms with Crippen LogP contribution in [0.25, 0.3) is 0 Å². The van der Waals surface area contributed by atoms with Crippen LogP contribution in [-0.2, 0) is 6.54 Å². The predicted molar refractivity (Wildman–Crippen MR) is 72.3 cm³/mol. The molecule has 0 aliphatic rings. The Hall–Kier alpha value is -2.09. The molecule has 1 aromatic heterocycles. The summed E-state index contributed by atoms with van der Waals surface area (Å²) < 4.78 is 7.70. The topological polar surface area (TPSA) is 98.6 Å². The molecule has 1 aromatic carbocycles. The summed E-state index contributed by atoms with van der Waals surface area (Å²) in [6.45, 7) is 0.490. The first kappa shape index (κ1) is 13.3. The molecule has 0 saturated heterocycles. The van der Waals surface area contributed by atoms with Crippen molar-refractivity contribution < 1.29 is 9.94 Å². The molecule has 0 atom stereocenters. The van der Waals surface area contributed by atoms with Crippen LogP contribution in [0.5, 0.6) is 5.75 Å². The van der Waals surface area contributed by atoms with Gasteiger partial charge in [-0.15, -0.1) is 5.10 Å². The van der Waals surface area contributed by atoms with Gasteiger partial charge in [0, 0.05) is 4.47 Å². The van der Waals surface area contributed by atoms with Crippen molar-refractivity contribution in [3.8, 4) is 5.75 Å². The van der Waals surface area contributed by atoms with Gasteiger partial charge in [0.15, 0.2) is 0 Å². The fraction of sp³-hybridized carbons (Fsp3) is 0.182. The van der Waals surface area contributed by atoms with E-state index >= 15 is 0 Å². The van der Waals surface area contributed by atoms with Gasteiger partial charge in [0.25, 0.3) is 0 Å². The summed E-state index contributed by atoms with van der Waals surface area (Å²) in [5.74, 6) is 0.819. The highest BCUT2D eigenvalue weighted by molar-refractivity contribution is 9.10. The largest absolute Gasteiger partial charge is 0.497 e. The second-order valence-corrected chi connectivity index (χ2v) is 4.56. The summed E-state index contributed by atoms with van der Waals surface area (Å²) in [6, 6.07) is 5.65. The van der Waals surface area contributed by atoms with E-state index in [1.807, 2.05) is 18.2 Å². The molecule has 100 valence electrons. The molecule has 3 N–H and O–H groups in total. The quantitative estimate of drug-likeness (QED) is 0.381. The van der Waals surface area contributed by atoms with Gasteiger partial charge in [0.2, 0.25) is 11.7 Å². The van der Waals surface area contributed by atoms with Crippen molar-refractivity contribution in [1.29, 1.82) is 0 Å². The van der Waals surface area contributed by atoms with Crippen molar-refractivity contribution in [1.82, 2.24) is 14.8 Å². The van der Waals surface area contributed by atoms with E-state index in [4.69, 9.17) is 15.7 Å². The standard InChI is InChI=1S/C11H12BrN5O2/c1-19-8-2-3-9(12)7(4-8)5-17-6-14-11(15-17)10(13)16-18/h2-4,6,18H,5H2,1H3,(H2,13,16). The number of rotatable bonds is 4. The molecule has 0 saturated carbocycles. The number of ether oxygens (including phenoxy) is 1. The average Bonchev–Trinajstić information content (AvgIpc) is 2.89. The molecule has 0 unspecified atom stereocenters. The lowest BCUT2D eigenvalue weighted by Crippen LogP contribution is -2.15. The first-order valence-corrected chi connectivity index (χ1v) is 6.13. The van der Waals surface area contributed by atoms with Crippen LogP contribution in [0.4, 0.5) is 0 Å². The number of aromatic nitrogens is 3. The van der Waals surface area contributed by atoms with Gasteiger partial charge in [-0.25, -0.2) is 9.67 Å². The highest BCUT2D eigenvalue weighted by Gasteiger charge is 2.08. The van der Waals surface area contributed by atoms with Crippen LogP contribution >= 0.6 is 15.9 Å². The Morgan fingerprint density at radius 3 is 3.05 bits per heavy atom. The highest BCUT2D eigenvalue weighted by atomic mass is 79.9. The minimum absolute atomic E-state index is 0.122. The number of oxime groups is 1. The van der Waals surface area contributed by atoms with Crippen LogP contribution < -0.4 is 10.5 Å². The summed E-state index contributed by atoms with van der Waals surface area (Å²) in [4.78, 5) is 3.94. The van der Waals surface area contributed by atoms with Gasteiger partial charge in [0.05, 0.1) is 13.7 Å². The molecular weight excluding hydrogens is 314 g/mol. The van der Waals surface area contributed by atoms with E-state index in [9.17, 15) is 0 Å². The van der Waals surface area contributed by atoms with Gasteiger partial charge in [-0.1, -0.05) is 21.1 Å². The van der Waals surface area contributed by atoms with E-state index in [-0.39, 0.29) is 11.7 Å². The SMILES string of the molecule is COc1ccc(Br)c(Cn2cnc(C(N)=NO)n2)c1. The zero-order valence-electron chi connectivity index (χ0n) is 10.1.